The fourth-order valence-corrected chi connectivity index (χ4v) is 2.85. The van der Waals surface area contributed by atoms with E-state index in [1.165, 1.54) is 32.4 Å². The first-order chi connectivity index (χ1) is 8.79. The molecule has 2 heterocycles. The smallest absolute Gasteiger partial charge is 0.117 e. The summed E-state index contributed by atoms with van der Waals surface area (Å²) >= 11 is 0. The Balaban J connectivity index is 1.64. The monoisotopic (exact) mass is 250 g/mol. The van der Waals surface area contributed by atoms with Crippen molar-refractivity contribution in [3.63, 3.8) is 0 Å². The highest BCUT2D eigenvalue weighted by Gasteiger charge is 2.24. The minimum Gasteiger partial charge on any atom is -0.468 e. The molecule has 1 fully saturated rings. The van der Waals surface area contributed by atoms with E-state index in [2.05, 4.69) is 24.1 Å². The molecule has 0 radical (unpaired) electrons. The van der Waals surface area contributed by atoms with Crippen LogP contribution in [0.3, 0.4) is 0 Å². The van der Waals surface area contributed by atoms with Gasteiger partial charge in [0, 0.05) is 19.1 Å². The van der Waals surface area contributed by atoms with E-state index < -0.39 is 0 Å². The Hall–Kier alpha value is -0.800. The van der Waals surface area contributed by atoms with Gasteiger partial charge in [0.1, 0.15) is 5.76 Å². The van der Waals surface area contributed by atoms with Crippen molar-refractivity contribution in [1.29, 1.82) is 0 Å². The highest BCUT2D eigenvalue weighted by molar-refractivity contribution is 4.97. The van der Waals surface area contributed by atoms with Crippen LogP contribution in [0.25, 0.3) is 0 Å². The fraction of sp³-hybridized carbons (Fsp3) is 0.733. The molecule has 3 heteroatoms. The van der Waals surface area contributed by atoms with Crippen LogP contribution >= 0.6 is 0 Å². The summed E-state index contributed by atoms with van der Waals surface area (Å²) in [6, 6.07) is 4.59. The number of likely N-dealkylation sites (tertiary alicyclic amines) is 1. The Kier molecular flexibility index (Phi) is 5.26. The third kappa shape index (κ3) is 3.85. The Morgan fingerprint density at radius 1 is 1.56 bits per heavy atom. The van der Waals surface area contributed by atoms with Gasteiger partial charge >= 0.3 is 0 Å². The van der Waals surface area contributed by atoms with E-state index in [-0.39, 0.29) is 0 Å². The summed E-state index contributed by atoms with van der Waals surface area (Å²) in [5.41, 5.74) is 0. The first-order valence-corrected chi connectivity index (χ1v) is 7.26. The van der Waals surface area contributed by atoms with Crippen LogP contribution in [0.5, 0.6) is 0 Å². The minimum absolute atomic E-state index is 0.627. The highest BCUT2D eigenvalue weighted by Crippen LogP contribution is 2.22. The molecule has 2 rings (SSSR count). The molecule has 0 bridgehead atoms. The predicted molar refractivity (Wildman–Crippen MR) is 74.5 cm³/mol. The van der Waals surface area contributed by atoms with Crippen molar-refractivity contribution >= 4 is 0 Å². The lowest BCUT2D eigenvalue weighted by Gasteiger charge is -2.24. The number of hydrogen-bond donors (Lipinski definition) is 1. The van der Waals surface area contributed by atoms with Crippen LogP contribution in [0, 0.1) is 5.92 Å². The molecule has 0 saturated carbocycles. The lowest BCUT2D eigenvalue weighted by Crippen LogP contribution is -2.38. The molecule has 3 nitrogen and oxygen atoms in total. The van der Waals surface area contributed by atoms with Gasteiger partial charge in [-0.05, 0) is 44.4 Å². The number of nitrogens with zero attached hydrogens (tertiary/aromatic N) is 1. The van der Waals surface area contributed by atoms with Crippen molar-refractivity contribution in [2.75, 3.05) is 19.6 Å². The van der Waals surface area contributed by atoms with E-state index in [0.717, 1.165) is 24.8 Å². The second-order valence-corrected chi connectivity index (χ2v) is 5.50. The average Bonchev–Trinajstić information content (AvgIpc) is 3.00. The molecule has 0 aromatic carbocycles. The molecule has 2 unspecified atom stereocenters. The SMILES string of the molecule is CCCC1CCN(C(C)CNCc2ccco2)C1. The Labute approximate surface area is 111 Å². The first-order valence-electron chi connectivity index (χ1n) is 7.26. The summed E-state index contributed by atoms with van der Waals surface area (Å²) in [6.45, 7) is 9.05. The van der Waals surface area contributed by atoms with Gasteiger partial charge in [-0.3, -0.25) is 4.90 Å². The van der Waals surface area contributed by atoms with Crippen LogP contribution < -0.4 is 5.32 Å². The fourth-order valence-electron chi connectivity index (χ4n) is 2.85. The molecular formula is C15H26N2O. The molecule has 102 valence electrons. The van der Waals surface area contributed by atoms with Crippen molar-refractivity contribution < 1.29 is 4.42 Å². The van der Waals surface area contributed by atoms with Gasteiger partial charge in [-0.2, -0.15) is 0 Å². The van der Waals surface area contributed by atoms with E-state index in [1.807, 2.05) is 12.1 Å². The van der Waals surface area contributed by atoms with E-state index in [4.69, 9.17) is 4.42 Å². The summed E-state index contributed by atoms with van der Waals surface area (Å²) in [6.07, 6.45) is 5.83. The second-order valence-electron chi connectivity index (χ2n) is 5.50. The van der Waals surface area contributed by atoms with Crippen molar-refractivity contribution in [3.8, 4) is 0 Å². The van der Waals surface area contributed by atoms with Gasteiger partial charge in [0.2, 0.25) is 0 Å². The Bertz CT molecular complexity index is 323. The van der Waals surface area contributed by atoms with Crippen LogP contribution in [-0.4, -0.2) is 30.6 Å². The predicted octanol–water partition coefficient (Wildman–Crippen LogP) is 2.88. The maximum absolute atomic E-state index is 5.31. The molecule has 1 aliphatic heterocycles. The lowest BCUT2D eigenvalue weighted by atomic mass is 10.0. The minimum atomic E-state index is 0.627. The maximum Gasteiger partial charge on any atom is 0.117 e. The number of rotatable bonds is 7. The molecule has 1 N–H and O–H groups in total. The molecule has 0 aliphatic carbocycles. The van der Waals surface area contributed by atoms with Gasteiger partial charge in [0.15, 0.2) is 0 Å². The lowest BCUT2D eigenvalue weighted by molar-refractivity contribution is 0.239. The van der Waals surface area contributed by atoms with Gasteiger partial charge in [-0.25, -0.2) is 0 Å². The maximum atomic E-state index is 5.31. The molecular weight excluding hydrogens is 224 g/mol. The number of hydrogen-bond acceptors (Lipinski definition) is 3. The molecule has 2 atom stereocenters. The average molecular weight is 250 g/mol. The zero-order chi connectivity index (χ0) is 12.8. The Morgan fingerprint density at radius 3 is 3.17 bits per heavy atom. The summed E-state index contributed by atoms with van der Waals surface area (Å²) in [7, 11) is 0. The molecule has 0 spiro atoms. The van der Waals surface area contributed by atoms with E-state index in [1.54, 1.807) is 6.26 Å². The largest absolute Gasteiger partial charge is 0.468 e. The van der Waals surface area contributed by atoms with Crippen molar-refractivity contribution in [3.05, 3.63) is 24.2 Å². The topological polar surface area (TPSA) is 28.4 Å². The molecule has 1 saturated heterocycles. The van der Waals surface area contributed by atoms with Crippen molar-refractivity contribution in [1.82, 2.24) is 10.2 Å². The van der Waals surface area contributed by atoms with Gasteiger partial charge in [-0.15, -0.1) is 0 Å². The van der Waals surface area contributed by atoms with Crippen LogP contribution in [0.2, 0.25) is 0 Å². The molecule has 1 aromatic rings. The van der Waals surface area contributed by atoms with Gasteiger partial charge in [0.25, 0.3) is 0 Å². The molecule has 1 aliphatic rings. The standard InChI is InChI=1S/C15H26N2O/c1-3-5-14-7-8-17(12-14)13(2)10-16-11-15-6-4-9-18-15/h4,6,9,13-14,16H,3,5,7-8,10-12H2,1-2H3. The van der Waals surface area contributed by atoms with E-state index in [9.17, 15) is 0 Å². The Morgan fingerprint density at radius 2 is 2.44 bits per heavy atom. The molecule has 1 aromatic heterocycles. The van der Waals surface area contributed by atoms with E-state index >= 15 is 0 Å². The summed E-state index contributed by atoms with van der Waals surface area (Å²) < 4.78 is 5.31. The third-order valence-corrected chi connectivity index (χ3v) is 3.96. The van der Waals surface area contributed by atoms with Crippen molar-refractivity contribution in [2.45, 2.75) is 45.7 Å². The normalized spacial score (nSPS) is 22.4. The third-order valence-electron chi connectivity index (χ3n) is 3.96. The number of nitrogens with one attached hydrogen (secondary N) is 1. The van der Waals surface area contributed by atoms with E-state index in [0.29, 0.717) is 6.04 Å². The summed E-state index contributed by atoms with van der Waals surface area (Å²) in [5.74, 6) is 1.95. The summed E-state index contributed by atoms with van der Waals surface area (Å²) in [4.78, 5) is 2.62. The van der Waals surface area contributed by atoms with Crippen LogP contribution in [0.4, 0.5) is 0 Å². The van der Waals surface area contributed by atoms with Crippen LogP contribution in [-0.2, 0) is 6.54 Å². The van der Waals surface area contributed by atoms with Gasteiger partial charge < -0.3 is 9.73 Å². The first kappa shape index (κ1) is 13.6. The zero-order valence-electron chi connectivity index (χ0n) is 11.7. The zero-order valence-corrected chi connectivity index (χ0v) is 11.7. The van der Waals surface area contributed by atoms with Crippen molar-refractivity contribution in [2.24, 2.45) is 5.92 Å². The molecule has 0 amide bonds. The summed E-state index contributed by atoms with van der Waals surface area (Å²) in [5, 5.41) is 3.48. The highest BCUT2D eigenvalue weighted by atomic mass is 16.3. The molecule has 18 heavy (non-hydrogen) atoms. The van der Waals surface area contributed by atoms with Crippen LogP contribution in [0.15, 0.2) is 22.8 Å². The second kappa shape index (κ2) is 6.95. The van der Waals surface area contributed by atoms with Crippen LogP contribution in [0.1, 0.15) is 38.9 Å². The van der Waals surface area contributed by atoms with Gasteiger partial charge in [0.05, 0.1) is 12.8 Å². The number of furan rings is 1. The quantitative estimate of drug-likeness (QED) is 0.806. The van der Waals surface area contributed by atoms with Gasteiger partial charge in [-0.1, -0.05) is 13.3 Å².